The van der Waals surface area contributed by atoms with Crippen molar-refractivity contribution in [1.29, 1.82) is 0 Å². The summed E-state index contributed by atoms with van der Waals surface area (Å²) in [6.07, 6.45) is 2.34. The second-order valence-electron chi connectivity index (χ2n) is 6.97. The zero-order chi connectivity index (χ0) is 16.1. The van der Waals surface area contributed by atoms with E-state index < -0.39 is 0 Å². The molecule has 2 bridgehead atoms. The van der Waals surface area contributed by atoms with E-state index in [1.165, 1.54) is 12.8 Å². The first-order valence-corrected chi connectivity index (χ1v) is 9.23. The van der Waals surface area contributed by atoms with Crippen LogP contribution >= 0.6 is 11.3 Å². The molecule has 1 aliphatic carbocycles. The van der Waals surface area contributed by atoms with Crippen molar-refractivity contribution in [3.05, 3.63) is 41.0 Å². The summed E-state index contributed by atoms with van der Waals surface area (Å²) in [5, 5.41) is 0.955. The van der Waals surface area contributed by atoms with Crippen molar-refractivity contribution < 1.29 is 4.79 Å². The van der Waals surface area contributed by atoms with Crippen LogP contribution in [0.1, 0.15) is 42.2 Å². The second kappa shape index (κ2) is 5.45. The Morgan fingerprint density at radius 1 is 1.22 bits per heavy atom. The predicted molar refractivity (Wildman–Crippen MR) is 93.6 cm³/mol. The first kappa shape index (κ1) is 14.9. The summed E-state index contributed by atoms with van der Waals surface area (Å²) in [5.74, 6) is 1.52. The largest absolute Gasteiger partial charge is 0.331 e. The number of hydrogen-bond donors (Lipinski definition) is 0. The van der Waals surface area contributed by atoms with Crippen molar-refractivity contribution in [3.63, 3.8) is 0 Å². The van der Waals surface area contributed by atoms with Crippen LogP contribution in [0.3, 0.4) is 0 Å². The van der Waals surface area contributed by atoms with Gasteiger partial charge in [0.05, 0.1) is 9.88 Å². The standard InChI is InChI=1S/C19H22N2OS/c1-11-12(2)21(16-9-15(11)10-16)19(22)17-18(23-13(3)20-17)14-7-5-4-6-8-14/h4-8,11-12,15-16H,9-10H2,1-3H3. The summed E-state index contributed by atoms with van der Waals surface area (Å²) >= 11 is 1.62. The van der Waals surface area contributed by atoms with E-state index in [9.17, 15) is 4.79 Å². The highest BCUT2D eigenvalue weighted by atomic mass is 32.1. The fraction of sp³-hybridized carbons (Fsp3) is 0.474. The number of carbonyl (C=O) groups is 1. The zero-order valence-electron chi connectivity index (χ0n) is 13.8. The predicted octanol–water partition coefficient (Wildman–Crippen LogP) is 4.38. The Hall–Kier alpha value is -1.68. The molecule has 0 radical (unpaired) electrons. The monoisotopic (exact) mass is 326 g/mol. The van der Waals surface area contributed by atoms with Crippen LogP contribution in [0.2, 0.25) is 0 Å². The Labute approximate surface area is 141 Å². The minimum Gasteiger partial charge on any atom is -0.331 e. The molecule has 4 heteroatoms. The maximum absolute atomic E-state index is 13.3. The lowest BCUT2D eigenvalue weighted by Gasteiger charge is -2.56. The maximum Gasteiger partial charge on any atom is 0.274 e. The minimum atomic E-state index is 0.121. The topological polar surface area (TPSA) is 33.2 Å². The summed E-state index contributed by atoms with van der Waals surface area (Å²) in [5.41, 5.74) is 1.73. The Morgan fingerprint density at radius 3 is 2.61 bits per heavy atom. The summed E-state index contributed by atoms with van der Waals surface area (Å²) in [7, 11) is 0. The molecule has 5 rings (SSSR count). The van der Waals surface area contributed by atoms with Gasteiger partial charge in [-0.25, -0.2) is 4.98 Å². The molecule has 2 unspecified atom stereocenters. The Bertz CT molecular complexity index is 733. The number of piperidine rings is 2. The van der Waals surface area contributed by atoms with Gasteiger partial charge in [-0.3, -0.25) is 4.79 Å². The summed E-state index contributed by atoms with van der Waals surface area (Å²) in [4.78, 5) is 21.0. The van der Waals surface area contributed by atoms with Crippen LogP contribution in [0, 0.1) is 18.8 Å². The lowest BCUT2D eigenvalue weighted by atomic mass is 9.65. The summed E-state index contributed by atoms with van der Waals surface area (Å²) in [6, 6.07) is 10.9. The van der Waals surface area contributed by atoms with E-state index in [2.05, 4.69) is 35.9 Å². The van der Waals surface area contributed by atoms with Gasteiger partial charge in [0, 0.05) is 12.1 Å². The van der Waals surface area contributed by atoms with Gasteiger partial charge >= 0.3 is 0 Å². The van der Waals surface area contributed by atoms with Crippen LogP contribution in [0.15, 0.2) is 30.3 Å². The molecule has 2 saturated heterocycles. The van der Waals surface area contributed by atoms with E-state index in [-0.39, 0.29) is 5.91 Å². The molecule has 1 saturated carbocycles. The molecule has 23 heavy (non-hydrogen) atoms. The van der Waals surface area contributed by atoms with Crippen molar-refractivity contribution in [3.8, 4) is 10.4 Å². The Balaban J connectivity index is 1.72. The third-order valence-electron chi connectivity index (χ3n) is 5.69. The minimum absolute atomic E-state index is 0.121. The van der Waals surface area contributed by atoms with Crippen LogP contribution < -0.4 is 0 Å². The van der Waals surface area contributed by atoms with Crippen LogP contribution in [0.25, 0.3) is 10.4 Å². The zero-order valence-corrected chi connectivity index (χ0v) is 14.6. The highest BCUT2D eigenvalue weighted by Crippen LogP contribution is 2.47. The van der Waals surface area contributed by atoms with Gasteiger partial charge in [0.15, 0.2) is 0 Å². The number of aromatic nitrogens is 1. The van der Waals surface area contributed by atoms with E-state index in [0.29, 0.717) is 23.7 Å². The maximum atomic E-state index is 13.3. The molecule has 2 atom stereocenters. The molecule has 3 fully saturated rings. The molecule has 2 aliphatic heterocycles. The van der Waals surface area contributed by atoms with Gasteiger partial charge in [0.25, 0.3) is 5.91 Å². The number of thiazole rings is 1. The van der Waals surface area contributed by atoms with Gasteiger partial charge in [0.1, 0.15) is 5.69 Å². The number of aryl methyl sites for hydroxylation is 1. The quantitative estimate of drug-likeness (QED) is 0.820. The van der Waals surface area contributed by atoms with Gasteiger partial charge in [-0.15, -0.1) is 11.3 Å². The lowest BCUT2D eigenvalue weighted by molar-refractivity contribution is -0.0486. The molecular formula is C19H22N2OS. The van der Waals surface area contributed by atoms with Gasteiger partial charge in [-0.1, -0.05) is 37.3 Å². The molecule has 1 aromatic heterocycles. The van der Waals surface area contributed by atoms with E-state index >= 15 is 0 Å². The Kier molecular flexibility index (Phi) is 3.52. The first-order chi connectivity index (χ1) is 11.1. The number of fused-ring (bicyclic) bond motifs is 2. The average molecular weight is 326 g/mol. The van der Waals surface area contributed by atoms with Crippen LogP contribution in [-0.4, -0.2) is 27.9 Å². The number of hydrogen-bond acceptors (Lipinski definition) is 3. The number of benzene rings is 1. The molecule has 0 spiro atoms. The molecule has 3 aliphatic rings. The number of carbonyl (C=O) groups excluding carboxylic acids is 1. The molecule has 3 heterocycles. The number of rotatable bonds is 2. The smallest absolute Gasteiger partial charge is 0.274 e. The van der Waals surface area contributed by atoms with Gasteiger partial charge < -0.3 is 4.90 Å². The highest BCUT2D eigenvalue weighted by Gasteiger charge is 2.49. The molecular weight excluding hydrogens is 304 g/mol. The molecule has 120 valence electrons. The fourth-order valence-electron chi connectivity index (χ4n) is 4.10. The van der Waals surface area contributed by atoms with Crippen molar-refractivity contribution >= 4 is 17.2 Å². The summed E-state index contributed by atoms with van der Waals surface area (Å²) in [6.45, 7) is 6.47. The molecule has 0 N–H and O–H groups in total. The fourth-order valence-corrected chi connectivity index (χ4v) is 5.01. The molecule has 2 aromatic rings. The van der Waals surface area contributed by atoms with Crippen molar-refractivity contribution in [2.45, 2.75) is 45.7 Å². The number of amides is 1. The van der Waals surface area contributed by atoms with Crippen LogP contribution in [-0.2, 0) is 0 Å². The first-order valence-electron chi connectivity index (χ1n) is 8.41. The number of nitrogens with zero attached hydrogens (tertiary/aromatic N) is 2. The van der Waals surface area contributed by atoms with Gasteiger partial charge in [-0.2, -0.15) is 0 Å². The molecule has 1 amide bonds. The average Bonchev–Trinajstić information content (AvgIpc) is 2.90. The lowest BCUT2D eigenvalue weighted by Crippen LogP contribution is -2.62. The van der Waals surface area contributed by atoms with E-state index in [4.69, 9.17) is 0 Å². The highest BCUT2D eigenvalue weighted by molar-refractivity contribution is 7.15. The summed E-state index contributed by atoms with van der Waals surface area (Å²) < 4.78 is 0. The van der Waals surface area contributed by atoms with Crippen molar-refractivity contribution in [1.82, 2.24) is 9.88 Å². The molecule has 3 nitrogen and oxygen atoms in total. The third-order valence-corrected chi connectivity index (χ3v) is 6.71. The van der Waals surface area contributed by atoms with E-state index in [1.54, 1.807) is 11.3 Å². The van der Waals surface area contributed by atoms with Gasteiger partial charge in [-0.05, 0) is 44.1 Å². The van der Waals surface area contributed by atoms with Crippen LogP contribution in [0.4, 0.5) is 0 Å². The van der Waals surface area contributed by atoms with E-state index in [1.807, 2.05) is 25.1 Å². The third kappa shape index (κ3) is 2.31. The second-order valence-corrected chi connectivity index (χ2v) is 8.18. The molecule has 1 aromatic carbocycles. The normalized spacial score (nSPS) is 29.3. The van der Waals surface area contributed by atoms with Crippen molar-refractivity contribution in [2.75, 3.05) is 0 Å². The Morgan fingerprint density at radius 2 is 1.91 bits per heavy atom. The van der Waals surface area contributed by atoms with Crippen molar-refractivity contribution in [2.24, 2.45) is 11.8 Å². The van der Waals surface area contributed by atoms with Crippen LogP contribution in [0.5, 0.6) is 0 Å². The SMILES string of the molecule is Cc1nc(C(=O)N2C3CC(C3)C(C)C2C)c(-c2ccccc2)s1. The van der Waals surface area contributed by atoms with E-state index in [0.717, 1.165) is 21.4 Å². The van der Waals surface area contributed by atoms with Gasteiger partial charge in [0.2, 0.25) is 0 Å².